The molecule has 128 valence electrons. The van der Waals surface area contributed by atoms with Gasteiger partial charge < -0.3 is 20.1 Å². The lowest BCUT2D eigenvalue weighted by molar-refractivity contribution is 0.256. The Bertz CT molecular complexity index is 500. The third-order valence-electron chi connectivity index (χ3n) is 5.48. The summed E-state index contributed by atoms with van der Waals surface area (Å²) in [6, 6.07) is 7.41. The number of piperidine rings is 1. The number of benzene rings is 1. The zero-order valence-electron chi connectivity index (χ0n) is 14.4. The van der Waals surface area contributed by atoms with Gasteiger partial charge in [0.2, 0.25) is 0 Å². The molecule has 0 spiro atoms. The third-order valence-corrected chi connectivity index (χ3v) is 5.48. The van der Waals surface area contributed by atoms with E-state index in [1.54, 1.807) is 14.2 Å². The van der Waals surface area contributed by atoms with Gasteiger partial charge in [-0.05, 0) is 44.2 Å². The second kappa shape index (κ2) is 8.02. The maximum absolute atomic E-state index is 5.51. The Morgan fingerprint density at radius 2 is 2.00 bits per heavy atom. The van der Waals surface area contributed by atoms with Gasteiger partial charge in [-0.25, -0.2) is 0 Å². The van der Waals surface area contributed by atoms with Gasteiger partial charge in [0.15, 0.2) is 0 Å². The van der Waals surface area contributed by atoms with E-state index in [0.29, 0.717) is 12.1 Å². The highest BCUT2D eigenvalue weighted by Gasteiger charge is 2.33. The van der Waals surface area contributed by atoms with E-state index in [1.165, 1.54) is 50.6 Å². The molecule has 1 aliphatic carbocycles. The molecule has 2 fully saturated rings. The topological polar surface area (TPSA) is 42.5 Å². The van der Waals surface area contributed by atoms with Crippen LogP contribution in [0.5, 0.6) is 11.5 Å². The smallest absolute Gasteiger partial charge is 0.127 e. The molecule has 0 radical (unpaired) electrons. The molecular formula is C19H30N2O2. The number of nitrogens with one attached hydrogen (secondary N) is 2. The summed E-state index contributed by atoms with van der Waals surface area (Å²) in [6.07, 6.45) is 8.06. The van der Waals surface area contributed by atoms with Crippen LogP contribution in [0.15, 0.2) is 18.2 Å². The van der Waals surface area contributed by atoms with Crippen molar-refractivity contribution in [3.05, 3.63) is 23.8 Å². The molecule has 3 unspecified atom stereocenters. The predicted molar refractivity (Wildman–Crippen MR) is 93.2 cm³/mol. The fraction of sp³-hybridized carbons (Fsp3) is 0.684. The van der Waals surface area contributed by atoms with Crippen molar-refractivity contribution >= 4 is 0 Å². The van der Waals surface area contributed by atoms with Crippen LogP contribution in [0.1, 0.15) is 44.1 Å². The molecule has 1 aromatic rings. The van der Waals surface area contributed by atoms with Gasteiger partial charge in [-0.1, -0.05) is 18.9 Å². The van der Waals surface area contributed by atoms with E-state index in [2.05, 4.69) is 16.7 Å². The summed E-state index contributed by atoms with van der Waals surface area (Å²) in [5, 5.41) is 7.54. The molecular weight excluding hydrogens is 288 g/mol. The summed E-state index contributed by atoms with van der Waals surface area (Å²) in [5.74, 6) is 2.53. The van der Waals surface area contributed by atoms with Crippen LogP contribution in [0.25, 0.3) is 0 Å². The monoisotopic (exact) mass is 318 g/mol. The van der Waals surface area contributed by atoms with Crippen LogP contribution in [0.2, 0.25) is 0 Å². The molecule has 1 aliphatic heterocycles. The minimum atomic E-state index is 0.623. The Balaban J connectivity index is 1.60. The largest absolute Gasteiger partial charge is 0.497 e. The molecule has 1 saturated heterocycles. The number of ether oxygens (including phenoxy) is 2. The van der Waals surface area contributed by atoms with E-state index in [9.17, 15) is 0 Å². The van der Waals surface area contributed by atoms with Gasteiger partial charge in [0.1, 0.15) is 11.5 Å². The summed E-state index contributed by atoms with van der Waals surface area (Å²) >= 11 is 0. The standard InChI is InChI=1S/C19H30N2O2/c1-22-15-10-9-14(19(12-15)23-2)13-21-18-8-5-6-16(18)17-7-3-4-11-20-17/h9-10,12,16-18,20-21H,3-8,11,13H2,1-2H3. The summed E-state index contributed by atoms with van der Waals surface area (Å²) in [5.41, 5.74) is 1.20. The molecule has 3 atom stereocenters. The fourth-order valence-corrected chi connectivity index (χ4v) is 4.21. The Morgan fingerprint density at radius 1 is 1.09 bits per heavy atom. The van der Waals surface area contributed by atoms with E-state index < -0.39 is 0 Å². The van der Waals surface area contributed by atoms with Crippen molar-refractivity contribution in [2.24, 2.45) is 5.92 Å². The van der Waals surface area contributed by atoms with E-state index in [-0.39, 0.29) is 0 Å². The molecule has 0 aromatic heterocycles. The van der Waals surface area contributed by atoms with Crippen molar-refractivity contribution in [1.82, 2.24) is 10.6 Å². The Morgan fingerprint density at radius 3 is 2.74 bits per heavy atom. The zero-order chi connectivity index (χ0) is 16.1. The van der Waals surface area contributed by atoms with Crippen LogP contribution in [0, 0.1) is 5.92 Å². The third kappa shape index (κ3) is 3.99. The quantitative estimate of drug-likeness (QED) is 0.846. The van der Waals surface area contributed by atoms with Crippen molar-refractivity contribution in [3.63, 3.8) is 0 Å². The predicted octanol–water partition coefficient (Wildman–Crippen LogP) is 3.10. The first-order valence-corrected chi connectivity index (χ1v) is 8.99. The highest BCUT2D eigenvalue weighted by atomic mass is 16.5. The van der Waals surface area contributed by atoms with E-state index in [0.717, 1.165) is 24.0 Å². The minimum Gasteiger partial charge on any atom is -0.497 e. The van der Waals surface area contributed by atoms with E-state index in [1.807, 2.05) is 12.1 Å². The van der Waals surface area contributed by atoms with Crippen LogP contribution in [0.4, 0.5) is 0 Å². The maximum atomic E-state index is 5.51. The van der Waals surface area contributed by atoms with Crippen LogP contribution in [-0.2, 0) is 6.54 Å². The number of hydrogen-bond donors (Lipinski definition) is 2. The highest BCUT2D eigenvalue weighted by Crippen LogP contribution is 2.32. The van der Waals surface area contributed by atoms with Gasteiger partial charge in [0, 0.05) is 30.3 Å². The molecule has 2 N–H and O–H groups in total. The molecule has 4 nitrogen and oxygen atoms in total. The summed E-state index contributed by atoms with van der Waals surface area (Å²) < 4.78 is 10.8. The summed E-state index contributed by atoms with van der Waals surface area (Å²) in [7, 11) is 3.41. The van der Waals surface area contributed by atoms with E-state index in [4.69, 9.17) is 9.47 Å². The average molecular weight is 318 g/mol. The van der Waals surface area contributed by atoms with Gasteiger partial charge in [0.25, 0.3) is 0 Å². The Kier molecular flexibility index (Phi) is 5.79. The van der Waals surface area contributed by atoms with Crippen LogP contribution >= 0.6 is 0 Å². The van der Waals surface area contributed by atoms with Crippen LogP contribution in [-0.4, -0.2) is 32.8 Å². The summed E-state index contributed by atoms with van der Waals surface area (Å²) in [4.78, 5) is 0. The number of methoxy groups -OCH3 is 2. The highest BCUT2D eigenvalue weighted by molar-refractivity contribution is 5.40. The van der Waals surface area contributed by atoms with Crippen LogP contribution < -0.4 is 20.1 Å². The molecule has 0 amide bonds. The normalized spacial score (nSPS) is 27.8. The van der Waals surface area contributed by atoms with Gasteiger partial charge in [-0.15, -0.1) is 0 Å². The SMILES string of the molecule is COc1ccc(CNC2CCCC2C2CCCCN2)c(OC)c1. The molecule has 2 aliphatic rings. The first kappa shape index (κ1) is 16.6. The van der Waals surface area contributed by atoms with Gasteiger partial charge in [-0.3, -0.25) is 0 Å². The number of hydrogen-bond acceptors (Lipinski definition) is 4. The molecule has 3 rings (SSSR count). The zero-order valence-corrected chi connectivity index (χ0v) is 14.4. The molecule has 0 bridgehead atoms. The molecule has 1 heterocycles. The van der Waals surface area contributed by atoms with Gasteiger partial charge in [-0.2, -0.15) is 0 Å². The average Bonchev–Trinajstić information content (AvgIpc) is 3.09. The fourth-order valence-electron chi connectivity index (χ4n) is 4.21. The van der Waals surface area contributed by atoms with Gasteiger partial charge >= 0.3 is 0 Å². The molecule has 1 saturated carbocycles. The minimum absolute atomic E-state index is 0.623. The van der Waals surface area contributed by atoms with E-state index >= 15 is 0 Å². The van der Waals surface area contributed by atoms with Crippen molar-refractivity contribution in [2.75, 3.05) is 20.8 Å². The first-order chi connectivity index (χ1) is 11.3. The first-order valence-electron chi connectivity index (χ1n) is 8.99. The van der Waals surface area contributed by atoms with Gasteiger partial charge in [0.05, 0.1) is 14.2 Å². The van der Waals surface area contributed by atoms with Crippen molar-refractivity contribution < 1.29 is 9.47 Å². The molecule has 23 heavy (non-hydrogen) atoms. The Hall–Kier alpha value is -1.26. The lowest BCUT2D eigenvalue weighted by atomic mass is 9.88. The number of rotatable bonds is 6. The van der Waals surface area contributed by atoms with Crippen molar-refractivity contribution in [3.8, 4) is 11.5 Å². The Labute approximate surface area is 139 Å². The second-order valence-electron chi connectivity index (χ2n) is 6.82. The maximum Gasteiger partial charge on any atom is 0.127 e. The summed E-state index contributed by atoms with van der Waals surface area (Å²) in [6.45, 7) is 2.06. The molecule has 4 heteroatoms. The van der Waals surface area contributed by atoms with Crippen molar-refractivity contribution in [1.29, 1.82) is 0 Å². The lowest BCUT2D eigenvalue weighted by Gasteiger charge is -2.33. The van der Waals surface area contributed by atoms with Crippen LogP contribution in [0.3, 0.4) is 0 Å². The van der Waals surface area contributed by atoms with Crippen molar-refractivity contribution in [2.45, 2.75) is 57.2 Å². The second-order valence-corrected chi connectivity index (χ2v) is 6.82. The molecule has 1 aromatic carbocycles. The lowest BCUT2D eigenvalue weighted by Crippen LogP contribution is -2.46.